The molecule has 31 heavy (non-hydrogen) atoms. The Morgan fingerprint density at radius 1 is 1.06 bits per heavy atom. The fourth-order valence-electron chi connectivity index (χ4n) is 2.77. The van der Waals surface area contributed by atoms with Crippen molar-refractivity contribution in [3.63, 3.8) is 0 Å². The molecule has 4 rings (SSSR count). The molecule has 2 aromatic heterocycles. The SMILES string of the molecule is COC(=O)COc1cccc(NC(=O)c2nc(-c3cccs3)n(-c3ccccc3)n2)c1. The number of amides is 1. The van der Waals surface area contributed by atoms with Crippen LogP contribution in [0.3, 0.4) is 0 Å². The number of rotatable bonds is 7. The zero-order chi connectivity index (χ0) is 21.6. The van der Waals surface area contributed by atoms with E-state index in [4.69, 9.17) is 4.74 Å². The number of esters is 1. The van der Waals surface area contributed by atoms with Crippen molar-refractivity contribution in [3.05, 3.63) is 77.9 Å². The summed E-state index contributed by atoms with van der Waals surface area (Å²) in [7, 11) is 1.29. The molecule has 0 aliphatic carbocycles. The van der Waals surface area contributed by atoms with E-state index in [0.717, 1.165) is 10.6 Å². The van der Waals surface area contributed by atoms with Gasteiger partial charge in [0, 0.05) is 11.8 Å². The number of ether oxygens (including phenoxy) is 2. The van der Waals surface area contributed by atoms with Crippen molar-refractivity contribution in [2.45, 2.75) is 0 Å². The number of carbonyl (C=O) groups excluding carboxylic acids is 2. The molecule has 0 aliphatic rings. The number of hydrogen-bond donors (Lipinski definition) is 1. The zero-order valence-electron chi connectivity index (χ0n) is 16.5. The van der Waals surface area contributed by atoms with Gasteiger partial charge in [-0.1, -0.05) is 30.3 Å². The number of carbonyl (C=O) groups is 2. The molecule has 0 radical (unpaired) electrons. The van der Waals surface area contributed by atoms with Gasteiger partial charge in [-0.25, -0.2) is 14.5 Å². The largest absolute Gasteiger partial charge is 0.482 e. The van der Waals surface area contributed by atoms with Gasteiger partial charge in [-0.05, 0) is 35.7 Å². The first kappa shape index (κ1) is 20.3. The van der Waals surface area contributed by atoms with Gasteiger partial charge in [0.05, 0.1) is 17.7 Å². The van der Waals surface area contributed by atoms with Gasteiger partial charge in [0.15, 0.2) is 12.4 Å². The van der Waals surface area contributed by atoms with Crippen LogP contribution < -0.4 is 10.1 Å². The summed E-state index contributed by atoms with van der Waals surface area (Å²) in [5, 5.41) is 9.14. The molecule has 1 amide bonds. The van der Waals surface area contributed by atoms with E-state index >= 15 is 0 Å². The highest BCUT2D eigenvalue weighted by molar-refractivity contribution is 7.13. The van der Waals surface area contributed by atoms with E-state index in [-0.39, 0.29) is 12.4 Å². The lowest BCUT2D eigenvalue weighted by Gasteiger charge is -2.07. The van der Waals surface area contributed by atoms with Gasteiger partial charge < -0.3 is 14.8 Å². The molecule has 2 aromatic carbocycles. The number of thiophene rings is 1. The number of nitrogens with one attached hydrogen (secondary N) is 1. The van der Waals surface area contributed by atoms with Crippen LogP contribution in [0.15, 0.2) is 72.1 Å². The Morgan fingerprint density at radius 3 is 2.65 bits per heavy atom. The van der Waals surface area contributed by atoms with Crippen LogP contribution in [0, 0.1) is 0 Å². The molecule has 0 fully saturated rings. The minimum atomic E-state index is -0.494. The summed E-state index contributed by atoms with van der Waals surface area (Å²) in [6, 6.07) is 20.0. The summed E-state index contributed by atoms with van der Waals surface area (Å²) in [5.41, 5.74) is 1.29. The van der Waals surface area contributed by atoms with Crippen LogP contribution in [0.1, 0.15) is 10.6 Å². The second-order valence-electron chi connectivity index (χ2n) is 6.33. The van der Waals surface area contributed by atoms with Crippen LogP contribution >= 0.6 is 11.3 Å². The minimum Gasteiger partial charge on any atom is -0.482 e. The Balaban J connectivity index is 1.58. The van der Waals surface area contributed by atoms with E-state index < -0.39 is 11.9 Å². The molecule has 0 aliphatic heterocycles. The highest BCUT2D eigenvalue weighted by atomic mass is 32.1. The molecule has 0 saturated carbocycles. The third-order valence-electron chi connectivity index (χ3n) is 4.23. The van der Waals surface area contributed by atoms with E-state index in [1.54, 1.807) is 28.9 Å². The smallest absolute Gasteiger partial charge is 0.343 e. The standard InChI is InChI=1S/C22H18N4O4S/c1-29-19(27)14-30-17-10-5-7-15(13-17)23-22(28)20-24-21(18-11-6-12-31-18)26(25-20)16-8-3-2-4-9-16/h2-13H,14H2,1H3,(H,23,28). The van der Waals surface area contributed by atoms with E-state index in [1.807, 2.05) is 47.8 Å². The molecule has 2 heterocycles. The van der Waals surface area contributed by atoms with Crippen LogP contribution in [-0.2, 0) is 9.53 Å². The molecule has 8 nitrogen and oxygen atoms in total. The van der Waals surface area contributed by atoms with Gasteiger partial charge >= 0.3 is 5.97 Å². The maximum atomic E-state index is 12.8. The first-order valence-electron chi connectivity index (χ1n) is 9.31. The lowest BCUT2D eigenvalue weighted by molar-refractivity contribution is -0.142. The fourth-order valence-corrected chi connectivity index (χ4v) is 3.47. The summed E-state index contributed by atoms with van der Waals surface area (Å²) < 4.78 is 11.6. The second-order valence-corrected chi connectivity index (χ2v) is 7.28. The Hall–Kier alpha value is -3.98. The second kappa shape index (κ2) is 9.23. The van der Waals surface area contributed by atoms with E-state index in [2.05, 4.69) is 20.1 Å². The number of nitrogens with zero attached hydrogens (tertiary/aromatic N) is 3. The quantitative estimate of drug-likeness (QED) is 0.445. The molecule has 0 atom stereocenters. The highest BCUT2D eigenvalue weighted by Crippen LogP contribution is 2.26. The van der Waals surface area contributed by atoms with Gasteiger partial charge in [-0.15, -0.1) is 16.4 Å². The van der Waals surface area contributed by atoms with E-state index in [0.29, 0.717) is 17.3 Å². The molecular weight excluding hydrogens is 416 g/mol. The van der Waals surface area contributed by atoms with Crippen molar-refractivity contribution in [3.8, 4) is 22.1 Å². The molecule has 0 bridgehead atoms. The van der Waals surface area contributed by atoms with Gasteiger partial charge in [-0.3, -0.25) is 4.79 Å². The number of anilines is 1. The van der Waals surface area contributed by atoms with Gasteiger partial charge in [0.2, 0.25) is 5.82 Å². The topological polar surface area (TPSA) is 95.3 Å². The lowest BCUT2D eigenvalue weighted by atomic mass is 10.3. The highest BCUT2D eigenvalue weighted by Gasteiger charge is 2.19. The van der Waals surface area contributed by atoms with Gasteiger partial charge in [0.25, 0.3) is 5.91 Å². The molecule has 1 N–H and O–H groups in total. The molecule has 4 aromatic rings. The number of methoxy groups -OCH3 is 1. The minimum absolute atomic E-state index is 0.0353. The summed E-state index contributed by atoms with van der Waals surface area (Å²) >= 11 is 1.52. The third kappa shape index (κ3) is 4.78. The molecule has 0 spiro atoms. The number of para-hydroxylation sites is 1. The van der Waals surface area contributed by atoms with E-state index in [9.17, 15) is 9.59 Å². The Morgan fingerprint density at radius 2 is 1.90 bits per heavy atom. The zero-order valence-corrected chi connectivity index (χ0v) is 17.3. The fraction of sp³-hybridized carbons (Fsp3) is 0.0909. The van der Waals surface area contributed by atoms with Crippen molar-refractivity contribution in [1.82, 2.24) is 14.8 Å². The van der Waals surface area contributed by atoms with Crippen molar-refractivity contribution in [2.75, 3.05) is 19.0 Å². The maximum Gasteiger partial charge on any atom is 0.343 e. The normalized spacial score (nSPS) is 10.5. The van der Waals surface area contributed by atoms with Crippen molar-refractivity contribution in [1.29, 1.82) is 0 Å². The Kier molecular flexibility index (Phi) is 6.04. The molecular formula is C22H18N4O4S. The molecule has 9 heteroatoms. The first-order valence-corrected chi connectivity index (χ1v) is 10.2. The predicted octanol–water partition coefficient (Wildman–Crippen LogP) is 3.80. The van der Waals surface area contributed by atoms with Crippen molar-refractivity contribution >= 4 is 28.9 Å². The van der Waals surface area contributed by atoms with Crippen LogP contribution in [0.2, 0.25) is 0 Å². The first-order chi connectivity index (χ1) is 15.1. The predicted molar refractivity (Wildman–Crippen MR) is 117 cm³/mol. The Bertz CT molecular complexity index is 1190. The van der Waals surface area contributed by atoms with Crippen LogP contribution in [-0.4, -0.2) is 40.4 Å². The third-order valence-corrected chi connectivity index (χ3v) is 5.09. The van der Waals surface area contributed by atoms with Crippen LogP contribution in [0.4, 0.5) is 5.69 Å². The van der Waals surface area contributed by atoms with Gasteiger partial charge in [0.1, 0.15) is 5.75 Å². The monoisotopic (exact) mass is 434 g/mol. The average Bonchev–Trinajstić information content (AvgIpc) is 3.48. The molecule has 0 saturated heterocycles. The number of benzene rings is 2. The number of hydrogen-bond acceptors (Lipinski definition) is 7. The van der Waals surface area contributed by atoms with Crippen LogP contribution in [0.25, 0.3) is 16.4 Å². The van der Waals surface area contributed by atoms with Crippen molar-refractivity contribution < 1.29 is 19.1 Å². The van der Waals surface area contributed by atoms with Gasteiger partial charge in [-0.2, -0.15) is 0 Å². The van der Waals surface area contributed by atoms with E-state index in [1.165, 1.54) is 18.4 Å². The molecule has 0 unspecified atom stereocenters. The lowest BCUT2D eigenvalue weighted by Crippen LogP contribution is -2.15. The summed E-state index contributed by atoms with van der Waals surface area (Å²) in [5.74, 6) is 0.0868. The summed E-state index contributed by atoms with van der Waals surface area (Å²) in [6.45, 7) is -0.221. The average molecular weight is 434 g/mol. The van der Waals surface area contributed by atoms with Crippen LogP contribution in [0.5, 0.6) is 5.75 Å². The summed E-state index contributed by atoms with van der Waals surface area (Å²) in [6.07, 6.45) is 0. The van der Waals surface area contributed by atoms with Crippen molar-refractivity contribution in [2.24, 2.45) is 0 Å². The Labute approximate surface area is 182 Å². The summed E-state index contributed by atoms with van der Waals surface area (Å²) in [4.78, 5) is 29.5. The molecule has 156 valence electrons. The maximum absolute atomic E-state index is 12.8. The number of aromatic nitrogens is 3.